The van der Waals surface area contributed by atoms with Crippen LogP contribution in [0.5, 0.6) is 0 Å². The van der Waals surface area contributed by atoms with Crippen LogP contribution >= 0.6 is 0 Å². The molecule has 1 unspecified atom stereocenters. The van der Waals surface area contributed by atoms with Gasteiger partial charge in [-0.25, -0.2) is 0 Å². The van der Waals surface area contributed by atoms with Crippen molar-refractivity contribution in [2.45, 2.75) is 32.9 Å². The summed E-state index contributed by atoms with van der Waals surface area (Å²) in [4.78, 5) is 39.2. The molecule has 0 spiro atoms. The summed E-state index contributed by atoms with van der Waals surface area (Å²) in [7, 11) is 1.53. The molecule has 2 heterocycles. The van der Waals surface area contributed by atoms with Crippen LogP contribution in [0, 0.1) is 6.92 Å². The third kappa shape index (κ3) is 3.88. The van der Waals surface area contributed by atoms with Crippen molar-refractivity contribution in [2.24, 2.45) is 0 Å². The van der Waals surface area contributed by atoms with Gasteiger partial charge in [-0.05, 0) is 13.0 Å². The van der Waals surface area contributed by atoms with Gasteiger partial charge in [0.25, 0.3) is 0 Å². The highest BCUT2D eigenvalue weighted by Crippen LogP contribution is 2.12. The molecule has 1 fully saturated rings. The van der Waals surface area contributed by atoms with Crippen molar-refractivity contribution in [1.82, 2.24) is 24.9 Å². The molecule has 1 N–H and O–H groups in total. The molecule has 2 rings (SSSR count). The molecule has 8 heteroatoms. The Hall–Kier alpha value is -2.38. The summed E-state index contributed by atoms with van der Waals surface area (Å²) < 4.78 is 1.78. The molecule has 0 aromatic carbocycles. The van der Waals surface area contributed by atoms with Gasteiger partial charge in [-0.3, -0.25) is 19.1 Å². The van der Waals surface area contributed by atoms with Crippen molar-refractivity contribution in [1.29, 1.82) is 0 Å². The molecule has 1 atom stereocenters. The SMILES string of the molecule is CNC(=O)C1CN(C(=O)CCn2nccc2C)CCN1C(C)=O. The number of likely N-dealkylation sites (N-methyl/N-ethyl adjacent to an activating group) is 1. The number of carbonyl (C=O) groups is 3. The topological polar surface area (TPSA) is 87.5 Å². The summed E-state index contributed by atoms with van der Waals surface area (Å²) in [5.41, 5.74) is 1.00. The molecule has 0 radical (unpaired) electrons. The largest absolute Gasteiger partial charge is 0.357 e. The van der Waals surface area contributed by atoms with Crippen molar-refractivity contribution >= 4 is 17.7 Å². The van der Waals surface area contributed by atoms with Crippen molar-refractivity contribution in [3.63, 3.8) is 0 Å². The summed E-state index contributed by atoms with van der Waals surface area (Å²) in [5, 5.41) is 6.71. The van der Waals surface area contributed by atoms with Crippen LogP contribution in [-0.2, 0) is 20.9 Å². The number of carbonyl (C=O) groups excluding carboxylic acids is 3. The van der Waals surface area contributed by atoms with Crippen LogP contribution in [0.2, 0.25) is 0 Å². The second-order valence-corrected chi connectivity index (χ2v) is 5.63. The lowest BCUT2D eigenvalue weighted by Crippen LogP contribution is -2.60. The van der Waals surface area contributed by atoms with E-state index in [2.05, 4.69) is 10.4 Å². The molecular formula is C15H23N5O3. The zero-order chi connectivity index (χ0) is 17.0. The lowest BCUT2D eigenvalue weighted by Gasteiger charge is -2.40. The Morgan fingerprint density at radius 1 is 1.35 bits per heavy atom. The van der Waals surface area contributed by atoms with Gasteiger partial charge in [0, 0.05) is 51.9 Å². The van der Waals surface area contributed by atoms with Crippen LogP contribution in [0.3, 0.4) is 0 Å². The molecule has 8 nitrogen and oxygen atoms in total. The number of hydrogen-bond acceptors (Lipinski definition) is 4. The highest BCUT2D eigenvalue weighted by Gasteiger charge is 2.34. The Kier molecular flexibility index (Phi) is 5.36. The summed E-state index contributed by atoms with van der Waals surface area (Å²) in [6.07, 6.45) is 2.02. The Morgan fingerprint density at radius 2 is 2.09 bits per heavy atom. The molecule has 126 valence electrons. The summed E-state index contributed by atoms with van der Waals surface area (Å²) in [5.74, 6) is -0.435. The summed E-state index contributed by atoms with van der Waals surface area (Å²) in [6.45, 7) is 4.94. The van der Waals surface area contributed by atoms with Gasteiger partial charge in [0.2, 0.25) is 17.7 Å². The van der Waals surface area contributed by atoms with Gasteiger partial charge in [-0.2, -0.15) is 5.10 Å². The fourth-order valence-corrected chi connectivity index (χ4v) is 2.77. The van der Waals surface area contributed by atoms with Crippen LogP contribution < -0.4 is 5.32 Å². The molecule has 23 heavy (non-hydrogen) atoms. The van der Waals surface area contributed by atoms with E-state index in [9.17, 15) is 14.4 Å². The molecule has 1 aliphatic rings. The van der Waals surface area contributed by atoms with Crippen LogP contribution in [0.15, 0.2) is 12.3 Å². The maximum atomic E-state index is 12.4. The monoisotopic (exact) mass is 321 g/mol. The smallest absolute Gasteiger partial charge is 0.244 e. The maximum Gasteiger partial charge on any atom is 0.244 e. The number of nitrogens with zero attached hydrogens (tertiary/aromatic N) is 4. The van der Waals surface area contributed by atoms with Gasteiger partial charge in [0.05, 0.1) is 6.54 Å². The number of aryl methyl sites for hydroxylation is 2. The van der Waals surface area contributed by atoms with E-state index in [1.165, 1.54) is 18.9 Å². The quantitative estimate of drug-likeness (QED) is 0.801. The van der Waals surface area contributed by atoms with Gasteiger partial charge in [0.1, 0.15) is 6.04 Å². The average molecular weight is 321 g/mol. The zero-order valence-corrected chi connectivity index (χ0v) is 13.8. The van der Waals surface area contributed by atoms with Crippen LogP contribution in [-0.4, -0.2) is 70.0 Å². The number of aromatic nitrogens is 2. The van der Waals surface area contributed by atoms with Crippen LogP contribution in [0.1, 0.15) is 19.0 Å². The van der Waals surface area contributed by atoms with Crippen LogP contribution in [0.25, 0.3) is 0 Å². The van der Waals surface area contributed by atoms with E-state index >= 15 is 0 Å². The van der Waals surface area contributed by atoms with E-state index in [-0.39, 0.29) is 24.3 Å². The van der Waals surface area contributed by atoms with Gasteiger partial charge in [0.15, 0.2) is 0 Å². The van der Waals surface area contributed by atoms with E-state index in [1.54, 1.807) is 15.8 Å². The standard InChI is InChI=1S/C15H23N5O3/c1-11-4-6-17-20(11)7-5-14(22)18-8-9-19(12(2)21)13(10-18)15(23)16-3/h4,6,13H,5,7-10H2,1-3H3,(H,16,23). The van der Waals surface area contributed by atoms with E-state index < -0.39 is 6.04 Å². The Labute approximate surface area is 135 Å². The highest BCUT2D eigenvalue weighted by molar-refractivity contribution is 5.88. The molecule has 0 saturated carbocycles. The predicted molar refractivity (Wildman–Crippen MR) is 83.4 cm³/mol. The van der Waals surface area contributed by atoms with E-state index in [1.807, 2.05) is 13.0 Å². The molecule has 1 aliphatic heterocycles. The van der Waals surface area contributed by atoms with Gasteiger partial charge < -0.3 is 15.1 Å². The maximum absolute atomic E-state index is 12.4. The molecular weight excluding hydrogens is 298 g/mol. The first-order valence-corrected chi connectivity index (χ1v) is 7.69. The Bertz CT molecular complexity index is 598. The number of nitrogens with one attached hydrogen (secondary N) is 1. The molecule has 1 aromatic rings. The lowest BCUT2D eigenvalue weighted by atomic mass is 10.1. The second kappa shape index (κ2) is 7.26. The normalized spacial score (nSPS) is 18.0. The van der Waals surface area contributed by atoms with E-state index in [4.69, 9.17) is 0 Å². The fraction of sp³-hybridized carbons (Fsp3) is 0.600. The van der Waals surface area contributed by atoms with E-state index in [0.717, 1.165) is 5.69 Å². The second-order valence-electron chi connectivity index (χ2n) is 5.63. The first-order chi connectivity index (χ1) is 10.9. The minimum absolute atomic E-state index is 0.0306. The molecule has 1 saturated heterocycles. The lowest BCUT2D eigenvalue weighted by molar-refractivity contribution is -0.147. The average Bonchev–Trinajstić information content (AvgIpc) is 2.96. The number of piperazine rings is 1. The Morgan fingerprint density at radius 3 is 2.65 bits per heavy atom. The fourth-order valence-electron chi connectivity index (χ4n) is 2.77. The highest BCUT2D eigenvalue weighted by atomic mass is 16.2. The zero-order valence-electron chi connectivity index (χ0n) is 13.8. The van der Waals surface area contributed by atoms with Gasteiger partial charge >= 0.3 is 0 Å². The number of rotatable bonds is 4. The number of amides is 3. The first kappa shape index (κ1) is 17.0. The number of hydrogen-bond donors (Lipinski definition) is 1. The molecule has 0 bridgehead atoms. The van der Waals surface area contributed by atoms with E-state index in [0.29, 0.717) is 26.1 Å². The predicted octanol–water partition coefficient (Wildman–Crippen LogP) is -0.613. The third-order valence-corrected chi connectivity index (χ3v) is 4.15. The van der Waals surface area contributed by atoms with Crippen molar-refractivity contribution < 1.29 is 14.4 Å². The Balaban J connectivity index is 1.97. The van der Waals surface area contributed by atoms with Crippen molar-refractivity contribution in [3.05, 3.63) is 18.0 Å². The minimum Gasteiger partial charge on any atom is -0.357 e. The minimum atomic E-state index is -0.623. The van der Waals surface area contributed by atoms with Gasteiger partial charge in [-0.15, -0.1) is 0 Å². The first-order valence-electron chi connectivity index (χ1n) is 7.69. The van der Waals surface area contributed by atoms with Gasteiger partial charge in [-0.1, -0.05) is 0 Å². The molecule has 1 aromatic heterocycles. The summed E-state index contributed by atoms with van der Waals surface area (Å²) >= 11 is 0. The van der Waals surface area contributed by atoms with Crippen molar-refractivity contribution in [3.8, 4) is 0 Å². The molecule has 3 amide bonds. The molecule has 0 aliphatic carbocycles. The summed E-state index contributed by atoms with van der Waals surface area (Å²) in [6, 6.07) is 1.26. The van der Waals surface area contributed by atoms with Crippen LogP contribution in [0.4, 0.5) is 0 Å². The van der Waals surface area contributed by atoms with Crippen molar-refractivity contribution in [2.75, 3.05) is 26.7 Å². The third-order valence-electron chi connectivity index (χ3n) is 4.15.